The molecule has 1 heterocycles. The SMILES string of the molecule is O=C(C[C@@H]1C=CCC1)N1CCN(S(=O)(=O)c2cccc(C(F)(F)F)c2)CC1. The number of amides is 1. The highest BCUT2D eigenvalue weighted by Crippen LogP contribution is 2.31. The average molecular weight is 402 g/mol. The number of nitrogens with zero attached hydrogens (tertiary/aromatic N) is 2. The lowest BCUT2D eigenvalue weighted by atomic mass is 10.0. The van der Waals surface area contributed by atoms with Gasteiger partial charge in [-0.15, -0.1) is 0 Å². The molecule has 27 heavy (non-hydrogen) atoms. The number of carbonyl (C=O) groups is 1. The van der Waals surface area contributed by atoms with Gasteiger partial charge in [0.1, 0.15) is 0 Å². The third kappa shape index (κ3) is 4.52. The Balaban J connectivity index is 1.64. The van der Waals surface area contributed by atoms with Crippen LogP contribution in [0.4, 0.5) is 13.2 Å². The highest BCUT2D eigenvalue weighted by atomic mass is 32.2. The van der Waals surface area contributed by atoms with E-state index in [1.165, 1.54) is 0 Å². The molecule has 0 bridgehead atoms. The fourth-order valence-electron chi connectivity index (χ4n) is 3.38. The molecule has 0 saturated carbocycles. The molecule has 0 radical (unpaired) electrons. The molecule has 1 aliphatic heterocycles. The second-order valence-electron chi connectivity index (χ2n) is 6.78. The first-order chi connectivity index (χ1) is 12.7. The van der Waals surface area contributed by atoms with E-state index in [2.05, 4.69) is 6.08 Å². The Morgan fingerprint density at radius 3 is 2.44 bits per heavy atom. The highest BCUT2D eigenvalue weighted by Gasteiger charge is 2.34. The largest absolute Gasteiger partial charge is 0.416 e. The highest BCUT2D eigenvalue weighted by molar-refractivity contribution is 7.89. The molecule has 9 heteroatoms. The summed E-state index contributed by atoms with van der Waals surface area (Å²) in [5.41, 5.74) is -0.998. The molecule has 5 nitrogen and oxygen atoms in total. The van der Waals surface area contributed by atoms with Crippen molar-refractivity contribution in [3.63, 3.8) is 0 Å². The van der Waals surface area contributed by atoms with Crippen molar-refractivity contribution in [2.75, 3.05) is 26.2 Å². The second-order valence-corrected chi connectivity index (χ2v) is 8.72. The van der Waals surface area contributed by atoms with E-state index < -0.39 is 21.8 Å². The molecule has 1 fully saturated rings. The lowest BCUT2D eigenvalue weighted by Gasteiger charge is -2.34. The summed E-state index contributed by atoms with van der Waals surface area (Å²) < 4.78 is 65.0. The summed E-state index contributed by atoms with van der Waals surface area (Å²) in [6.07, 6.45) is 1.82. The predicted molar refractivity (Wildman–Crippen MR) is 93.3 cm³/mol. The van der Waals surface area contributed by atoms with E-state index in [-0.39, 0.29) is 42.9 Å². The first kappa shape index (κ1) is 19.9. The quantitative estimate of drug-likeness (QED) is 0.728. The smallest absolute Gasteiger partial charge is 0.340 e. The normalized spacial score (nSPS) is 21.6. The molecule has 2 aliphatic rings. The molecular weight excluding hydrogens is 381 g/mol. The minimum Gasteiger partial charge on any atom is -0.340 e. The Kier molecular flexibility index (Phi) is 5.62. The van der Waals surface area contributed by atoms with Crippen LogP contribution in [0.2, 0.25) is 0 Å². The van der Waals surface area contributed by atoms with Crippen LogP contribution in [-0.2, 0) is 21.0 Å². The van der Waals surface area contributed by atoms with Gasteiger partial charge in [-0.2, -0.15) is 17.5 Å². The summed E-state index contributed by atoms with van der Waals surface area (Å²) >= 11 is 0. The summed E-state index contributed by atoms with van der Waals surface area (Å²) in [6, 6.07) is 3.74. The van der Waals surface area contributed by atoms with Crippen LogP contribution in [0.15, 0.2) is 41.3 Å². The van der Waals surface area contributed by atoms with Crippen molar-refractivity contribution < 1.29 is 26.4 Å². The number of alkyl halides is 3. The first-order valence-corrected chi connectivity index (χ1v) is 10.2. The maximum absolute atomic E-state index is 12.8. The van der Waals surface area contributed by atoms with Crippen LogP contribution in [-0.4, -0.2) is 49.7 Å². The zero-order valence-corrected chi connectivity index (χ0v) is 15.5. The Hall–Kier alpha value is -1.87. The minimum atomic E-state index is -4.61. The van der Waals surface area contributed by atoms with Gasteiger partial charge >= 0.3 is 6.18 Å². The molecule has 148 valence electrons. The number of benzene rings is 1. The van der Waals surface area contributed by atoms with E-state index in [1.54, 1.807) is 4.90 Å². The van der Waals surface area contributed by atoms with Gasteiger partial charge < -0.3 is 4.90 Å². The molecule has 1 aromatic carbocycles. The maximum Gasteiger partial charge on any atom is 0.416 e. The molecule has 1 saturated heterocycles. The van der Waals surface area contributed by atoms with Crippen LogP contribution < -0.4 is 0 Å². The van der Waals surface area contributed by atoms with Crippen LogP contribution in [0.3, 0.4) is 0 Å². The van der Waals surface area contributed by atoms with Crippen LogP contribution in [0.5, 0.6) is 0 Å². The van der Waals surface area contributed by atoms with Gasteiger partial charge in [-0.05, 0) is 37.0 Å². The van der Waals surface area contributed by atoms with E-state index in [0.29, 0.717) is 12.5 Å². The van der Waals surface area contributed by atoms with Crippen molar-refractivity contribution in [2.24, 2.45) is 5.92 Å². The fourth-order valence-corrected chi connectivity index (χ4v) is 4.85. The van der Waals surface area contributed by atoms with Gasteiger partial charge in [-0.3, -0.25) is 4.79 Å². The molecule has 3 rings (SSSR count). The summed E-state index contributed by atoms with van der Waals surface area (Å²) in [7, 11) is -4.03. The summed E-state index contributed by atoms with van der Waals surface area (Å²) in [6.45, 7) is 0.635. The number of halogens is 3. The Bertz CT molecular complexity index is 828. The molecule has 1 aliphatic carbocycles. The average Bonchev–Trinajstić information content (AvgIpc) is 3.14. The number of allylic oxidation sites excluding steroid dienone is 2. The summed E-state index contributed by atoms with van der Waals surface area (Å²) in [5, 5.41) is 0. The van der Waals surface area contributed by atoms with Gasteiger partial charge in [0.2, 0.25) is 15.9 Å². The van der Waals surface area contributed by atoms with Crippen LogP contribution in [0.1, 0.15) is 24.8 Å². The van der Waals surface area contributed by atoms with Gasteiger partial charge in [0, 0.05) is 32.6 Å². The summed E-state index contributed by atoms with van der Waals surface area (Å²) in [5.74, 6) is 0.229. The van der Waals surface area contributed by atoms with E-state index in [4.69, 9.17) is 0 Å². The molecule has 1 aromatic rings. The van der Waals surface area contributed by atoms with Gasteiger partial charge in [0.25, 0.3) is 0 Å². The van der Waals surface area contributed by atoms with E-state index in [1.807, 2.05) is 6.08 Å². The molecule has 0 unspecified atom stereocenters. The number of hydrogen-bond donors (Lipinski definition) is 0. The van der Waals surface area contributed by atoms with Crippen molar-refractivity contribution >= 4 is 15.9 Å². The molecule has 1 atom stereocenters. The third-order valence-corrected chi connectivity index (χ3v) is 6.83. The Morgan fingerprint density at radius 1 is 1.15 bits per heavy atom. The lowest BCUT2D eigenvalue weighted by molar-refractivity contribution is -0.137. The lowest BCUT2D eigenvalue weighted by Crippen LogP contribution is -2.50. The van der Waals surface area contributed by atoms with Gasteiger partial charge in [-0.1, -0.05) is 18.2 Å². The Labute approximate surface area is 156 Å². The molecule has 0 N–H and O–H groups in total. The molecule has 0 aromatic heterocycles. The van der Waals surface area contributed by atoms with E-state index >= 15 is 0 Å². The van der Waals surface area contributed by atoms with Crippen molar-refractivity contribution in [2.45, 2.75) is 30.3 Å². The minimum absolute atomic E-state index is 0.0114. The van der Waals surface area contributed by atoms with Gasteiger partial charge in [0.05, 0.1) is 10.5 Å². The number of rotatable bonds is 4. The zero-order valence-electron chi connectivity index (χ0n) is 14.7. The van der Waals surface area contributed by atoms with Gasteiger partial charge in [-0.25, -0.2) is 8.42 Å². The van der Waals surface area contributed by atoms with Crippen molar-refractivity contribution in [3.8, 4) is 0 Å². The predicted octanol–water partition coefficient (Wildman–Crippen LogP) is 2.89. The summed E-state index contributed by atoms with van der Waals surface area (Å²) in [4.78, 5) is 13.6. The second kappa shape index (κ2) is 7.63. The number of sulfonamides is 1. The third-order valence-electron chi connectivity index (χ3n) is 4.94. The molecule has 0 spiro atoms. The van der Waals surface area contributed by atoms with Crippen LogP contribution in [0, 0.1) is 5.92 Å². The van der Waals surface area contributed by atoms with E-state index in [9.17, 15) is 26.4 Å². The van der Waals surface area contributed by atoms with E-state index in [0.717, 1.165) is 35.3 Å². The number of hydrogen-bond acceptors (Lipinski definition) is 3. The fraction of sp³-hybridized carbons (Fsp3) is 0.500. The number of carbonyl (C=O) groups excluding carboxylic acids is 1. The Morgan fingerprint density at radius 2 is 1.85 bits per heavy atom. The topological polar surface area (TPSA) is 57.7 Å². The zero-order chi connectivity index (χ0) is 19.7. The molecule has 1 amide bonds. The monoisotopic (exact) mass is 402 g/mol. The number of piperazine rings is 1. The van der Waals surface area contributed by atoms with Crippen LogP contribution in [0.25, 0.3) is 0 Å². The van der Waals surface area contributed by atoms with Crippen LogP contribution >= 0.6 is 0 Å². The standard InChI is InChI=1S/C18H21F3N2O3S/c19-18(20,21)15-6-3-7-16(13-15)27(25,26)23-10-8-22(9-11-23)17(24)12-14-4-1-2-5-14/h1,3-4,6-7,13-14H,2,5,8-12H2/t14-/m1/s1. The van der Waals surface area contributed by atoms with Gasteiger partial charge in [0.15, 0.2) is 0 Å². The van der Waals surface area contributed by atoms with Crippen molar-refractivity contribution in [1.82, 2.24) is 9.21 Å². The first-order valence-electron chi connectivity index (χ1n) is 8.80. The van der Waals surface area contributed by atoms with Crippen molar-refractivity contribution in [3.05, 3.63) is 42.0 Å². The maximum atomic E-state index is 12.8. The van der Waals surface area contributed by atoms with Crippen molar-refractivity contribution in [1.29, 1.82) is 0 Å². The molecular formula is C18H21F3N2O3S.